The number of benzene rings is 3. The van der Waals surface area contributed by atoms with Crippen LogP contribution in [0.4, 0.5) is 0 Å². The molecule has 0 fully saturated rings. The molecule has 0 saturated carbocycles. The van der Waals surface area contributed by atoms with Gasteiger partial charge in [-0.1, -0.05) is 60.7 Å². The minimum Gasteiger partial charge on any atom is -0.343 e. The van der Waals surface area contributed by atoms with Crippen molar-refractivity contribution in [2.45, 2.75) is 17.9 Å². The fourth-order valence-corrected chi connectivity index (χ4v) is 3.91. The molecule has 162 valence electrons. The molecule has 32 heavy (non-hydrogen) atoms. The van der Waals surface area contributed by atoms with Gasteiger partial charge in [-0.25, -0.2) is 18.1 Å². The van der Waals surface area contributed by atoms with Gasteiger partial charge in [0.05, 0.1) is 16.6 Å². The largest absolute Gasteiger partial charge is 0.343 e. The van der Waals surface area contributed by atoms with Gasteiger partial charge in [-0.3, -0.25) is 4.79 Å². The molecule has 0 aliphatic carbocycles. The van der Waals surface area contributed by atoms with Crippen LogP contribution in [0.2, 0.25) is 0 Å². The highest BCUT2D eigenvalue weighted by Gasteiger charge is 2.20. The van der Waals surface area contributed by atoms with Gasteiger partial charge < -0.3 is 5.32 Å². The maximum atomic E-state index is 12.9. The van der Waals surface area contributed by atoms with Crippen LogP contribution in [0.15, 0.2) is 89.8 Å². The van der Waals surface area contributed by atoms with Gasteiger partial charge in [-0.05, 0) is 36.8 Å². The number of nitrogens with one attached hydrogen (secondary N) is 1. The van der Waals surface area contributed by atoms with E-state index in [1.54, 1.807) is 16.8 Å². The summed E-state index contributed by atoms with van der Waals surface area (Å²) in [5.41, 5.74) is 2.41. The lowest BCUT2D eigenvalue weighted by Gasteiger charge is -2.13. The first-order chi connectivity index (χ1) is 15.3. The monoisotopic (exact) mass is 446 g/mol. The quantitative estimate of drug-likeness (QED) is 0.486. The number of hydrogen-bond donors (Lipinski definition) is 1. The van der Waals surface area contributed by atoms with Crippen LogP contribution >= 0.6 is 0 Å². The summed E-state index contributed by atoms with van der Waals surface area (Å²) in [6.07, 6.45) is 1.16. The van der Waals surface area contributed by atoms with Gasteiger partial charge in [-0.2, -0.15) is 0 Å². The normalized spacial score (nSPS) is 12.3. The summed E-state index contributed by atoms with van der Waals surface area (Å²) >= 11 is 0. The molecule has 1 amide bonds. The Morgan fingerprint density at radius 2 is 1.50 bits per heavy atom. The Hall–Kier alpha value is -3.78. The minimum absolute atomic E-state index is 0.0484. The van der Waals surface area contributed by atoms with E-state index in [2.05, 4.69) is 15.4 Å². The lowest BCUT2D eigenvalue weighted by Crippen LogP contribution is -2.27. The third kappa shape index (κ3) is 4.60. The summed E-state index contributed by atoms with van der Waals surface area (Å²) in [5, 5.41) is 7.35. The molecule has 0 radical (unpaired) electrons. The van der Waals surface area contributed by atoms with Crippen molar-refractivity contribution in [3.05, 3.63) is 96.3 Å². The third-order valence-corrected chi connectivity index (χ3v) is 6.13. The number of hydrogen-bond acceptors (Lipinski definition) is 5. The SMILES string of the molecule is CC(NC(=O)c1nc(-c2ccccc2)n(-c2ccccc2)n1)c1ccc(S(C)(=O)=O)cc1. The first kappa shape index (κ1) is 21.5. The van der Waals surface area contributed by atoms with Gasteiger partial charge in [0.25, 0.3) is 5.91 Å². The first-order valence-corrected chi connectivity index (χ1v) is 11.9. The lowest BCUT2D eigenvalue weighted by molar-refractivity contribution is 0.0929. The predicted octanol–water partition coefficient (Wildman–Crippen LogP) is 3.83. The van der Waals surface area contributed by atoms with Crippen LogP contribution in [0.5, 0.6) is 0 Å². The molecular formula is C24H22N4O3S. The lowest BCUT2D eigenvalue weighted by atomic mass is 10.1. The number of carbonyl (C=O) groups excluding carboxylic acids is 1. The Balaban J connectivity index is 1.62. The molecule has 4 aromatic rings. The zero-order valence-electron chi connectivity index (χ0n) is 17.6. The number of aromatic nitrogens is 3. The Morgan fingerprint density at radius 3 is 2.09 bits per heavy atom. The van der Waals surface area contributed by atoms with Gasteiger partial charge in [-0.15, -0.1) is 5.10 Å². The van der Waals surface area contributed by atoms with E-state index in [4.69, 9.17) is 0 Å². The molecule has 7 nitrogen and oxygen atoms in total. The van der Waals surface area contributed by atoms with Gasteiger partial charge >= 0.3 is 0 Å². The number of carbonyl (C=O) groups is 1. The molecule has 0 spiro atoms. The van der Waals surface area contributed by atoms with Crippen LogP contribution in [0, 0.1) is 0 Å². The molecule has 8 heteroatoms. The Bertz CT molecular complexity index is 1280. The summed E-state index contributed by atoms with van der Waals surface area (Å²) in [7, 11) is -3.28. The summed E-state index contributed by atoms with van der Waals surface area (Å²) in [6, 6.07) is 25.1. The fraction of sp³-hybridized carbons (Fsp3) is 0.125. The molecule has 0 aliphatic rings. The van der Waals surface area contributed by atoms with Gasteiger partial charge in [0.2, 0.25) is 5.82 Å². The van der Waals surface area contributed by atoms with Crippen molar-refractivity contribution in [3.8, 4) is 17.1 Å². The molecule has 1 aromatic heterocycles. The molecule has 0 bridgehead atoms. The Morgan fingerprint density at radius 1 is 0.906 bits per heavy atom. The fourth-order valence-electron chi connectivity index (χ4n) is 3.28. The van der Waals surface area contributed by atoms with E-state index in [0.717, 1.165) is 23.1 Å². The molecule has 3 aromatic carbocycles. The maximum Gasteiger partial charge on any atom is 0.291 e. The van der Waals surface area contributed by atoms with Crippen molar-refractivity contribution < 1.29 is 13.2 Å². The van der Waals surface area contributed by atoms with E-state index in [0.29, 0.717) is 5.82 Å². The standard InChI is InChI=1S/C24H22N4O3S/c1-17(18-13-15-21(16-14-18)32(2,30)31)25-24(29)22-26-23(19-9-5-3-6-10-19)28(27-22)20-11-7-4-8-12-20/h3-17H,1-2H3,(H,25,29). The van der Waals surface area contributed by atoms with Crippen molar-refractivity contribution in [3.63, 3.8) is 0 Å². The zero-order valence-corrected chi connectivity index (χ0v) is 18.5. The predicted molar refractivity (Wildman–Crippen MR) is 122 cm³/mol. The minimum atomic E-state index is -3.28. The van der Waals surface area contributed by atoms with E-state index in [9.17, 15) is 13.2 Å². The summed E-state index contributed by atoms with van der Waals surface area (Å²) in [4.78, 5) is 17.7. The zero-order chi connectivity index (χ0) is 22.7. The number of sulfone groups is 1. The molecular weight excluding hydrogens is 424 g/mol. The molecule has 4 rings (SSSR count). The van der Waals surface area contributed by atoms with Crippen LogP contribution < -0.4 is 5.32 Å². The van der Waals surface area contributed by atoms with Gasteiger partial charge in [0, 0.05) is 11.8 Å². The average Bonchev–Trinajstić information content (AvgIpc) is 3.25. The van der Waals surface area contributed by atoms with Crippen molar-refractivity contribution >= 4 is 15.7 Å². The summed E-state index contributed by atoms with van der Waals surface area (Å²) in [6.45, 7) is 1.82. The van der Waals surface area contributed by atoms with Crippen LogP contribution in [0.3, 0.4) is 0 Å². The second-order valence-electron chi connectivity index (χ2n) is 7.41. The Labute approximate surface area is 186 Å². The molecule has 1 N–H and O–H groups in total. The van der Waals surface area contributed by atoms with E-state index in [1.165, 1.54) is 12.1 Å². The van der Waals surface area contributed by atoms with E-state index >= 15 is 0 Å². The van der Waals surface area contributed by atoms with Crippen LogP contribution in [0.1, 0.15) is 29.1 Å². The first-order valence-electron chi connectivity index (χ1n) is 10.0. The van der Waals surface area contributed by atoms with E-state index < -0.39 is 15.7 Å². The average molecular weight is 447 g/mol. The number of nitrogens with zero attached hydrogens (tertiary/aromatic N) is 3. The molecule has 1 unspecified atom stereocenters. The second kappa shape index (κ2) is 8.76. The third-order valence-electron chi connectivity index (χ3n) is 5.00. The number of rotatable bonds is 6. The molecule has 1 atom stereocenters. The highest BCUT2D eigenvalue weighted by atomic mass is 32.2. The number of para-hydroxylation sites is 1. The smallest absolute Gasteiger partial charge is 0.291 e. The van der Waals surface area contributed by atoms with Crippen molar-refractivity contribution in [1.82, 2.24) is 20.1 Å². The molecule has 0 saturated heterocycles. The molecule has 0 aliphatic heterocycles. The van der Waals surface area contributed by atoms with Gasteiger partial charge in [0.1, 0.15) is 0 Å². The highest BCUT2D eigenvalue weighted by Crippen LogP contribution is 2.22. The van der Waals surface area contributed by atoms with Crippen molar-refractivity contribution in [2.24, 2.45) is 0 Å². The highest BCUT2D eigenvalue weighted by molar-refractivity contribution is 7.90. The second-order valence-corrected chi connectivity index (χ2v) is 9.42. The topological polar surface area (TPSA) is 93.9 Å². The summed E-state index contributed by atoms with van der Waals surface area (Å²) in [5.74, 6) is 0.191. The maximum absolute atomic E-state index is 12.9. The van der Waals surface area contributed by atoms with Crippen LogP contribution in [-0.4, -0.2) is 35.3 Å². The Kier molecular flexibility index (Phi) is 5.87. The van der Waals surface area contributed by atoms with Crippen LogP contribution in [0.25, 0.3) is 17.1 Å². The van der Waals surface area contributed by atoms with Gasteiger partial charge in [0.15, 0.2) is 15.7 Å². The van der Waals surface area contributed by atoms with E-state index in [1.807, 2.05) is 67.6 Å². The van der Waals surface area contributed by atoms with Crippen LogP contribution in [-0.2, 0) is 9.84 Å². The van der Waals surface area contributed by atoms with E-state index in [-0.39, 0.29) is 16.8 Å². The van der Waals surface area contributed by atoms with Crippen molar-refractivity contribution in [2.75, 3.05) is 6.26 Å². The van der Waals surface area contributed by atoms with Crippen molar-refractivity contribution in [1.29, 1.82) is 0 Å². The molecule has 1 heterocycles. The number of amides is 1. The summed E-state index contributed by atoms with van der Waals surface area (Å²) < 4.78 is 25.0.